The van der Waals surface area contributed by atoms with Crippen LogP contribution < -0.4 is 0 Å². The van der Waals surface area contributed by atoms with Crippen molar-refractivity contribution in [2.24, 2.45) is 0 Å². The van der Waals surface area contributed by atoms with Gasteiger partial charge in [-0.1, -0.05) is 0 Å². The van der Waals surface area contributed by atoms with Gasteiger partial charge in [-0.3, -0.25) is 0 Å². The Labute approximate surface area is 43.2 Å². The highest BCUT2D eigenvalue weighted by Gasteiger charge is 1.95. The molecule has 0 aromatic heterocycles. The van der Waals surface area contributed by atoms with Gasteiger partial charge >= 0.3 is 7.69 Å². The maximum absolute atomic E-state index is 8.23. The molecule has 0 rings (SSSR count). The van der Waals surface area contributed by atoms with E-state index in [-0.39, 0.29) is 20.4 Å². The molecule has 7 heavy (non-hydrogen) atoms. The van der Waals surface area contributed by atoms with Crippen LogP contribution in [0.4, 0.5) is 0 Å². The number of hydrogen-bond acceptors (Lipinski definition) is 3. The van der Waals surface area contributed by atoms with Crippen LogP contribution >= 0.6 is 0 Å². The van der Waals surface area contributed by atoms with Crippen LogP contribution in [0.5, 0.6) is 0 Å². The lowest BCUT2D eigenvalue weighted by Crippen LogP contribution is -2.15. The van der Waals surface area contributed by atoms with Gasteiger partial charge in [0.2, 0.25) is 0 Å². The summed E-state index contributed by atoms with van der Waals surface area (Å²) < 4.78 is 4.50. The molecule has 0 aromatic rings. The number of rotatable bonds is 3. The molecule has 0 spiro atoms. The Morgan fingerprint density at radius 1 is 1.86 bits per heavy atom. The maximum Gasteiger partial charge on any atom is 0.435 e. The molecule has 0 aliphatic carbocycles. The summed E-state index contributed by atoms with van der Waals surface area (Å²) in [7, 11) is -0.318. The lowest BCUT2D eigenvalue weighted by molar-refractivity contribution is 0.119. The fourth-order valence-corrected chi connectivity index (χ4v) is 0.180. The number of aliphatic hydroxyl groups is 1. The van der Waals surface area contributed by atoms with Crippen LogP contribution in [0.2, 0.25) is 0 Å². The maximum atomic E-state index is 8.23. The van der Waals surface area contributed by atoms with Crippen LogP contribution in [0.25, 0.3) is 0 Å². The van der Waals surface area contributed by atoms with Crippen molar-refractivity contribution in [1.29, 1.82) is 0 Å². The van der Waals surface area contributed by atoms with Crippen molar-refractivity contribution in [2.45, 2.75) is 13.0 Å². The van der Waals surface area contributed by atoms with E-state index in [4.69, 9.17) is 10.1 Å². The molecule has 4 heteroatoms. The summed E-state index contributed by atoms with van der Waals surface area (Å²) in [6, 6.07) is 0. The fourth-order valence-electron chi connectivity index (χ4n) is 0.180. The Balaban J connectivity index is 2.83. The van der Waals surface area contributed by atoms with Crippen LogP contribution in [-0.4, -0.2) is 30.5 Å². The van der Waals surface area contributed by atoms with Gasteiger partial charge in [-0.2, -0.15) is 0 Å². The summed E-state index contributed by atoms with van der Waals surface area (Å²) in [6.07, 6.45) is -0.245. The minimum absolute atomic E-state index is 0.0411. The van der Waals surface area contributed by atoms with Gasteiger partial charge in [0, 0.05) is 0 Å². The van der Waals surface area contributed by atoms with Crippen molar-refractivity contribution in [1.82, 2.24) is 0 Å². The van der Waals surface area contributed by atoms with Crippen molar-refractivity contribution in [3.8, 4) is 0 Å². The predicted octanol–water partition coefficient (Wildman–Crippen LogP) is -1.36. The van der Waals surface area contributed by atoms with Gasteiger partial charge in [0.05, 0.1) is 12.7 Å². The van der Waals surface area contributed by atoms with Crippen molar-refractivity contribution < 1.29 is 14.8 Å². The van der Waals surface area contributed by atoms with E-state index in [0.717, 1.165) is 0 Å². The fraction of sp³-hybridized carbons (Fsp3) is 1.00. The highest BCUT2D eigenvalue weighted by atomic mass is 16.5. The third-order valence-corrected chi connectivity index (χ3v) is 0.616. The molecule has 0 heterocycles. The smallest absolute Gasteiger partial charge is 0.430 e. The molecule has 42 valence electrons. The van der Waals surface area contributed by atoms with Gasteiger partial charge in [0.1, 0.15) is 0 Å². The first-order valence-electron chi connectivity index (χ1n) is 2.14. The molecule has 1 atom stereocenters. The van der Waals surface area contributed by atoms with E-state index in [1.807, 2.05) is 0 Å². The lowest BCUT2D eigenvalue weighted by atomic mass is 10.3. The molecule has 0 amide bonds. The average molecular weight is 104 g/mol. The second-order valence-corrected chi connectivity index (χ2v) is 1.29. The summed E-state index contributed by atoms with van der Waals surface area (Å²) in [4.78, 5) is 0. The van der Waals surface area contributed by atoms with Crippen molar-refractivity contribution in [3.05, 3.63) is 0 Å². The Morgan fingerprint density at radius 3 is 2.57 bits per heavy atom. The van der Waals surface area contributed by atoms with E-state index < -0.39 is 0 Å². The lowest BCUT2D eigenvalue weighted by Gasteiger charge is -2.03. The third-order valence-electron chi connectivity index (χ3n) is 0.616. The van der Waals surface area contributed by atoms with E-state index in [2.05, 4.69) is 4.65 Å². The van der Waals surface area contributed by atoms with Crippen LogP contribution in [0.15, 0.2) is 0 Å². The van der Waals surface area contributed by atoms with Gasteiger partial charge in [-0.05, 0) is 6.92 Å². The molecule has 0 aromatic carbocycles. The van der Waals surface area contributed by atoms with Gasteiger partial charge < -0.3 is 14.8 Å². The Bertz CT molecular complexity index is 41.2. The average Bonchev–Trinajstić information content (AvgIpc) is 1.68. The van der Waals surface area contributed by atoms with E-state index >= 15 is 0 Å². The van der Waals surface area contributed by atoms with Gasteiger partial charge in [0.15, 0.2) is 0 Å². The van der Waals surface area contributed by atoms with Gasteiger partial charge in [-0.15, -0.1) is 0 Å². The molecule has 3 nitrogen and oxygen atoms in total. The summed E-state index contributed by atoms with van der Waals surface area (Å²) in [5.41, 5.74) is 0. The second-order valence-electron chi connectivity index (χ2n) is 1.29. The summed E-state index contributed by atoms with van der Waals surface area (Å²) in [6.45, 7) is 1.64. The minimum atomic E-state index is -0.318. The van der Waals surface area contributed by atoms with E-state index in [1.165, 1.54) is 0 Å². The molecule has 0 aliphatic rings. The first kappa shape index (κ1) is 6.94. The first-order chi connectivity index (χ1) is 3.31. The summed E-state index contributed by atoms with van der Waals surface area (Å²) in [5.74, 6) is 0. The zero-order valence-electron chi connectivity index (χ0n) is 4.29. The van der Waals surface area contributed by atoms with Gasteiger partial charge in [-0.25, -0.2) is 0 Å². The van der Waals surface area contributed by atoms with Crippen LogP contribution in [-0.2, 0) is 4.65 Å². The molecule has 0 aliphatic heterocycles. The monoisotopic (exact) mass is 104 g/mol. The molecular weight excluding hydrogens is 94.8 g/mol. The first-order valence-corrected chi connectivity index (χ1v) is 2.14. The quantitative estimate of drug-likeness (QED) is 0.435. The van der Waals surface area contributed by atoms with Crippen LogP contribution in [0, 0.1) is 0 Å². The number of hydrogen-bond donors (Lipinski definition) is 2. The van der Waals surface area contributed by atoms with Crippen molar-refractivity contribution >= 4 is 7.69 Å². The Morgan fingerprint density at radius 2 is 2.43 bits per heavy atom. The zero-order valence-corrected chi connectivity index (χ0v) is 4.29. The topological polar surface area (TPSA) is 49.7 Å². The normalized spacial score (nSPS) is 13.6. The summed E-state index contributed by atoms with van der Waals surface area (Å²) in [5, 5.41) is 16.3. The standard InChI is InChI=1S/C3H9BO3/c1-3(2-5)7-4-6/h3-6H,2H2,1H3. The van der Waals surface area contributed by atoms with E-state index in [9.17, 15) is 0 Å². The Hall–Kier alpha value is -0.0551. The number of aliphatic hydroxyl groups excluding tert-OH is 1. The van der Waals surface area contributed by atoms with Crippen molar-refractivity contribution in [3.63, 3.8) is 0 Å². The molecule has 1 unspecified atom stereocenters. The molecule has 0 saturated heterocycles. The Kier molecular flexibility index (Phi) is 4.08. The van der Waals surface area contributed by atoms with Gasteiger partial charge in [0.25, 0.3) is 0 Å². The molecule has 2 N–H and O–H groups in total. The predicted molar refractivity (Wildman–Crippen MR) is 27.0 cm³/mol. The van der Waals surface area contributed by atoms with Crippen LogP contribution in [0.1, 0.15) is 6.92 Å². The van der Waals surface area contributed by atoms with E-state index in [1.54, 1.807) is 6.92 Å². The summed E-state index contributed by atoms with van der Waals surface area (Å²) >= 11 is 0. The molecule has 0 radical (unpaired) electrons. The zero-order chi connectivity index (χ0) is 5.70. The van der Waals surface area contributed by atoms with Crippen molar-refractivity contribution in [2.75, 3.05) is 6.61 Å². The molecule has 0 saturated carbocycles. The molecule has 0 fully saturated rings. The molecule has 0 bridgehead atoms. The second kappa shape index (κ2) is 4.11. The SMILES string of the molecule is CC(CO)OBO. The third kappa shape index (κ3) is 3.78. The highest BCUT2D eigenvalue weighted by molar-refractivity contribution is 6.15. The minimum Gasteiger partial charge on any atom is -0.430 e. The largest absolute Gasteiger partial charge is 0.435 e. The van der Waals surface area contributed by atoms with E-state index in [0.29, 0.717) is 0 Å². The van der Waals surface area contributed by atoms with Crippen LogP contribution in [0.3, 0.4) is 0 Å². The molecular formula is C3H9BO3. The highest BCUT2D eigenvalue weighted by Crippen LogP contribution is 1.82.